The number of hydrogen-bond donors (Lipinski definition) is 0. The van der Waals surface area contributed by atoms with Gasteiger partial charge in [-0.05, 0) is 5.56 Å². The van der Waals surface area contributed by atoms with Gasteiger partial charge in [0, 0.05) is 19.5 Å². The Labute approximate surface area is 108 Å². The van der Waals surface area contributed by atoms with Gasteiger partial charge in [-0.2, -0.15) is 0 Å². The van der Waals surface area contributed by atoms with Crippen LogP contribution >= 0.6 is 0 Å². The predicted octanol–water partition coefficient (Wildman–Crippen LogP) is 1.39. The lowest BCUT2D eigenvalue weighted by atomic mass is 10.1. The summed E-state index contributed by atoms with van der Waals surface area (Å²) in [7, 11) is -3.15. The average Bonchev–Trinajstić information content (AvgIpc) is 2.38. The fourth-order valence-corrected chi connectivity index (χ4v) is 3.95. The second-order valence-corrected chi connectivity index (χ2v) is 6.76. The highest BCUT2D eigenvalue weighted by Crippen LogP contribution is 2.28. The van der Waals surface area contributed by atoms with Crippen molar-refractivity contribution in [2.24, 2.45) is 0 Å². The molecule has 0 aliphatic carbocycles. The lowest BCUT2D eigenvalue weighted by Crippen LogP contribution is -2.45. The van der Waals surface area contributed by atoms with E-state index in [4.69, 9.17) is 0 Å². The number of carbonyl (C=O) groups is 1. The minimum absolute atomic E-state index is 0.0193. The number of benzene rings is 1. The first-order valence-corrected chi connectivity index (χ1v) is 7.80. The molecular formula is C13H17NO3S. The minimum atomic E-state index is -3.15. The van der Waals surface area contributed by atoms with Gasteiger partial charge in [0.05, 0.1) is 5.75 Å². The molecule has 5 heteroatoms. The molecule has 1 aliphatic heterocycles. The summed E-state index contributed by atoms with van der Waals surface area (Å²) in [5.41, 5.74) is 0.770. The van der Waals surface area contributed by atoms with Gasteiger partial charge in [0.25, 0.3) is 0 Å². The topological polar surface area (TPSA) is 54.5 Å². The van der Waals surface area contributed by atoms with Gasteiger partial charge in [-0.1, -0.05) is 37.3 Å². The Hall–Kier alpha value is -1.36. The zero-order valence-electron chi connectivity index (χ0n) is 10.4. The van der Waals surface area contributed by atoms with Crippen LogP contribution in [-0.4, -0.2) is 38.1 Å². The SMILES string of the molecule is CCC(=O)N1CCS(=O)(=O)C(c2ccccc2)C1. The van der Waals surface area contributed by atoms with Crippen molar-refractivity contribution >= 4 is 15.7 Å². The van der Waals surface area contributed by atoms with Gasteiger partial charge in [-0.25, -0.2) is 8.42 Å². The average molecular weight is 267 g/mol. The highest BCUT2D eigenvalue weighted by molar-refractivity contribution is 7.91. The molecule has 0 saturated carbocycles. The Morgan fingerprint density at radius 3 is 2.61 bits per heavy atom. The summed E-state index contributed by atoms with van der Waals surface area (Å²) >= 11 is 0. The fraction of sp³-hybridized carbons (Fsp3) is 0.462. The molecule has 1 unspecified atom stereocenters. The Morgan fingerprint density at radius 1 is 1.33 bits per heavy atom. The van der Waals surface area contributed by atoms with E-state index in [1.54, 1.807) is 11.8 Å². The normalized spacial score (nSPS) is 22.7. The van der Waals surface area contributed by atoms with Gasteiger partial charge >= 0.3 is 0 Å². The zero-order chi connectivity index (χ0) is 13.2. The van der Waals surface area contributed by atoms with E-state index in [9.17, 15) is 13.2 Å². The molecule has 2 rings (SSSR count). The second-order valence-electron chi connectivity index (χ2n) is 4.46. The molecule has 0 aromatic heterocycles. The van der Waals surface area contributed by atoms with Gasteiger partial charge in [-0.3, -0.25) is 4.79 Å². The van der Waals surface area contributed by atoms with Crippen molar-refractivity contribution in [2.45, 2.75) is 18.6 Å². The Morgan fingerprint density at radius 2 is 2.00 bits per heavy atom. The third-order valence-corrected chi connectivity index (χ3v) is 5.33. The maximum atomic E-state index is 12.1. The lowest BCUT2D eigenvalue weighted by molar-refractivity contribution is -0.130. The van der Waals surface area contributed by atoms with Gasteiger partial charge in [0.2, 0.25) is 5.91 Å². The fourth-order valence-electron chi connectivity index (χ4n) is 2.22. The summed E-state index contributed by atoms with van der Waals surface area (Å²) < 4.78 is 24.2. The number of hydrogen-bond acceptors (Lipinski definition) is 3. The molecule has 1 saturated heterocycles. The third kappa shape index (κ3) is 2.56. The molecule has 0 spiro atoms. The van der Waals surface area contributed by atoms with Gasteiger partial charge < -0.3 is 4.90 Å². The summed E-state index contributed by atoms with van der Waals surface area (Å²) in [5, 5.41) is -0.581. The van der Waals surface area contributed by atoms with Gasteiger partial charge in [0.15, 0.2) is 9.84 Å². The third-order valence-electron chi connectivity index (χ3n) is 3.29. The van der Waals surface area contributed by atoms with Gasteiger partial charge in [0.1, 0.15) is 5.25 Å². The molecule has 1 fully saturated rings. The van der Waals surface area contributed by atoms with E-state index in [0.717, 1.165) is 5.56 Å². The van der Waals surface area contributed by atoms with Crippen molar-refractivity contribution < 1.29 is 13.2 Å². The highest BCUT2D eigenvalue weighted by Gasteiger charge is 2.35. The minimum Gasteiger partial charge on any atom is -0.340 e. The van der Waals surface area contributed by atoms with Crippen LogP contribution in [0.2, 0.25) is 0 Å². The summed E-state index contributed by atoms with van der Waals surface area (Å²) in [5.74, 6) is 0.0732. The van der Waals surface area contributed by atoms with Crippen molar-refractivity contribution in [3.8, 4) is 0 Å². The molecule has 1 aliphatic rings. The van der Waals surface area contributed by atoms with Crippen LogP contribution in [0.5, 0.6) is 0 Å². The number of rotatable bonds is 2. The second kappa shape index (κ2) is 5.10. The molecule has 1 atom stereocenters. The van der Waals surface area contributed by atoms with E-state index < -0.39 is 15.1 Å². The molecule has 0 N–H and O–H groups in total. The molecule has 1 aromatic carbocycles. The quantitative estimate of drug-likeness (QED) is 0.813. The number of nitrogens with zero attached hydrogens (tertiary/aromatic N) is 1. The van der Waals surface area contributed by atoms with Crippen LogP contribution in [-0.2, 0) is 14.6 Å². The first-order valence-electron chi connectivity index (χ1n) is 6.09. The van der Waals surface area contributed by atoms with Crippen LogP contribution in [0.15, 0.2) is 30.3 Å². The van der Waals surface area contributed by atoms with Crippen molar-refractivity contribution in [2.75, 3.05) is 18.8 Å². The lowest BCUT2D eigenvalue weighted by Gasteiger charge is -2.32. The highest BCUT2D eigenvalue weighted by atomic mass is 32.2. The van der Waals surface area contributed by atoms with Crippen LogP contribution in [0.3, 0.4) is 0 Å². The number of amides is 1. The molecular weight excluding hydrogens is 250 g/mol. The van der Waals surface area contributed by atoms with Gasteiger partial charge in [-0.15, -0.1) is 0 Å². The smallest absolute Gasteiger partial charge is 0.222 e. The molecule has 0 radical (unpaired) electrons. The molecule has 18 heavy (non-hydrogen) atoms. The summed E-state index contributed by atoms with van der Waals surface area (Å²) in [6, 6.07) is 9.12. The van der Waals surface area contributed by atoms with Crippen LogP contribution in [0.1, 0.15) is 24.2 Å². The molecule has 0 bridgehead atoms. The molecule has 1 amide bonds. The summed E-state index contributed by atoms with van der Waals surface area (Å²) in [6.45, 7) is 2.39. The summed E-state index contributed by atoms with van der Waals surface area (Å²) in [6.07, 6.45) is 0.418. The number of sulfone groups is 1. The monoisotopic (exact) mass is 267 g/mol. The van der Waals surface area contributed by atoms with Crippen molar-refractivity contribution in [3.05, 3.63) is 35.9 Å². The first-order chi connectivity index (χ1) is 8.54. The largest absolute Gasteiger partial charge is 0.340 e. The summed E-state index contributed by atoms with van der Waals surface area (Å²) in [4.78, 5) is 13.3. The van der Waals surface area contributed by atoms with Crippen molar-refractivity contribution in [1.29, 1.82) is 0 Å². The van der Waals surface area contributed by atoms with Crippen molar-refractivity contribution in [1.82, 2.24) is 4.90 Å². The van der Waals surface area contributed by atoms with Crippen LogP contribution in [0.25, 0.3) is 0 Å². The maximum Gasteiger partial charge on any atom is 0.222 e. The zero-order valence-corrected chi connectivity index (χ0v) is 11.2. The Kier molecular flexibility index (Phi) is 3.71. The van der Waals surface area contributed by atoms with E-state index in [1.807, 2.05) is 30.3 Å². The molecule has 1 aromatic rings. The Balaban J connectivity index is 2.28. The van der Waals surface area contributed by atoms with Crippen LogP contribution in [0.4, 0.5) is 0 Å². The van der Waals surface area contributed by atoms with E-state index in [1.165, 1.54) is 0 Å². The van der Waals surface area contributed by atoms with E-state index >= 15 is 0 Å². The Bertz CT molecular complexity index is 524. The molecule has 98 valence electrons. The van der Waals surface area contributed by atoms with Crippen molar-refractivity contribution in [3.63, 3.8) is 0 Å². The standard InChI is InChI=1S/C13H17NO3S/c1-2-13(15)14-8-9-18(16,17)12(10-14)11-6-4-3-5-7-11/h3-7,12H,2,8-10H2,1H3. The van der Waals surface area contributed by atoms with E-state index in [2.05, 4.69) is 0 Å². The number of carbonyl (C=O) groups excluding carboxylic acids is 1. The molecule has 1 heterocycles. The van der Waals surface area contributed by atoms with Crippen LogP contribution < -0.4 is 0 Å². The van der Waals surface area contributed by atoms with E-state index in [0.29, 0.717) is 13.0 Å². The predicted molar refractivity (Wildman–Crippen MR) is 69.8 cm³/mol. The first kappa shape index (κ1) is 13.1. The van der Waals surface area contributed by atoms with E-state index in [-0.39, 0.29) is 18.2 Å². The maximum absolute atomic E-state index is 12.1. The molecule has 4 nitrogen and oxygen atoms in total. The van der Waals surface area contributed by atoms with Crippen LogP contribution in [0, 0.1) is 0 Å².